The fourth-order valence-electron chi connectivity index (χ4n) is 3.53. The van der Waals surface area contributed by atoms with Crippen LogP contribution in [0.15, 0.2) is 29.2 Å². The number of benzene rings is 1. The Hall–Kier alpha value is -2.26. The SMILES string of the molecule is C[C@@H]1CCCCN1S(=O)(=O)c1ccc(C(=O)OCC(=O)N2CCCC2=O)cc1. The highest BCUT2D eigenvalue weighted by atomic mass is 32.2. The van der Waals surface area contributed by atoms with Crippen LogP contribution in [-0.4, -0.2) is 61.1 Å². The van der Waals surface area contributed by atoms with Crippen LogP contribution in [0.5, 0.6) is 0 Å². The molecule has 0 unspecified atom stereocenters. The fraction of sp³-hybridized carbons (Fsp3) is 0.526. The summed E-state index contributed by atoms with van der Waals surface area (Å²) in [5.74, 6) is -1.55. The Morgan fingerprint density at radius 2 is 1.82 bits per heavy atom. The van der Waals surface area contributed by atoms with Crippen LogP contribution in [0.25, 0.3) is 0 Å². The molecule has 2 amide bonds. The van der Waals surface area contributed by atoms with Crippen LogP contribution in [0.1, 0.15) is 49.4 Å². The zero-order chi connectivity index (χ0) is 20.3. The van der Waals surface area contributed by atoms with Gasteiger partial charge in [-0.1, -0.05) is 6.42 Å². The standard InChI is InChI=1S/C19H24N2O6S/c1-14-5-2-3-12-21(14)28(25,26)16-9-7-15(8-10-16)19(24)27-13-18(23)20-11-4-6-17(20)22/h7-10,14H,2-6,11-13H2,1H3/t14-/m1/s1. The Balaban J connectivity index is 1.62. The van der Waals surface area contributed by atoms with Gasteiger partial charge in [0.1, 0.15) is 0 Å². The quantitative estimate of drug-likeness (QED) is 0.685. The van der Waals surface area contributed by atoms with Crippen LogP contribution in [0.2, 0.25) is 0 Å². The first kappa shape index (κ1) is 20.5. The van der Waals surface area contributed by atoms with Gasteiger partial charge in [0.2, 0.25) is 15.9 Å². The molecule has 1 aromatic carbocycles. The first-order valence-corrected chi connectivity index (χ1v) is 10.9. The van der Waals surface area contributed by atoms with Crippen molar-refractivity contribution >= 4 is 27.8 Å². The molecule has 2 saturated heterocycles. The summed E-state index contributed by atoms with van der Waals surface area (Å²) in [6, 6.07) is 5.44. The molecule has 0 radical (unpaired) electrons. The molecule has 0 spiro atoms. The monoisotopic (exact) mass is 408 g/mol. The smallest absolute Gasteiger partial charge is 0.338 e. The van der Waals surface area contributed by atoms with Crippen molar-refractivity contribution in [3.63, 3.8) is 0 Å². The van der Waals surface area contributed by atoms with Gasteiger partial charge in [0.05, 0.1) is 10.5 Å². The van der Waals surface area contributed by atoms with Gasteiger partial charge in [0, 0.05) is 25.6 Å². The number of hydrogen-bond acceptors (Lipinski definition) is 6. The number of piperidine rings is 1. The lowest BCUT2D eigenvalue weighted by Gasteiger charge is -2.32. The summed E-state index contributed by atoms with van der Waals surface area (Å²) in [5.41, 5.74) is 0.145. The Labute approximate surface area is 164 Å². The van der Waals surface area contributed by atoms with E-state index in [0.717, 1.165) is 24.2 Å². The Morgan fingerprint density at radius 1 is 1.11 bits per heavy atom. The van der Waals surface area contributed by atoms with Gasteiger partial charge in [-0.25, -0.2) is 13.2 Å². The second kappa shape index (κ2) is 8.40. The van der Waals surface area contributed by atoms with E-state index < -0.39 is 28.5 Å². The highest BCUT2D eigenvalue weighted by Gasteiger charge is 2.31. The van der Waals surface area contributed by atoms with Gasteiger partial charge >= 0.3 is 5.97 Å². The molecule has 0 aliphatic carbocycles. The van der Waals surface area contributed by atoms with Crippen LogP contribution in [0.4, 0.5) is 0 Å². The van der Waals surface area contributed by atoms with Gasteiger partial charge in [-0.3, -0.25) is 14.5 Å². The molecule has 2 fully saturated rings. The number of carbonyl (C=O) groups is 3. The molecule has 9 heteroatoms. The summed E-state index contributed by atoms with van der Waals surface area (Å²) in [4.78, 5) is 36.8. The number of imide groups is 1. The summed E-state index contributed by atoms with van der Waals surface area (Å²) in [7, 11) is -3.61. The van der Waals surface area contributed by atoms with Gasteiger partial charge in [-0.15, -0.1) is 0 Å². The van der Waals surface area contributed by atoms with Crippen molar-refractivity contribution in [2.45, 2.75) is 50.0 Å². The second-order valence-corrected chi connectivity index (χ2v) is 8.99. The number of nitrogens with zero attached hydrogens (tertiary/aromatic N) is 2. The van der Waals surface area contributed by atoms with Gasteiger partial charge in [-0.05, 0) is 50.5 Å². The van der Waals surface area contributed by atoms with E-state index in [9.17, 15) is 22.8 Å². The van der Waals surface area contributed by atoms with Gasteiger partial charge < -0.3 is 4.74 Å². The summed E-state index contributed by atoms with van der Waals surface area (Å²) < 4.78 is 32.1. The Kier molecular flexibility index (Phi) is 6.14. The van der Waals surface area contributed by atoms with E-state index in [4.69, 9.17) is 4.74 Å². The molecule has 152 valence electrons. The zero-order valence-electron chi connectivity index (χ0n) is 15.8. The van der Waals surface area contributed by atoms with E-state index in [1.807, 2.05) is 6.92 Å². The zero-order valence-corrected chi connectivity index (χ0v) is 16.6. The van der Waals surface area contributed by atoms with Crippen molar-refractivity contribution in [1.82, 2.24) is 9.21 Å². The lowest BCUT2D eigenvalue weighted by Crippen LogP contribution is -2.41. The third-order valence-corrected chi connectivity index (χ3v) is 7.17. The van der Waals surface area contributed by atoms with Gasteiger partial charge in [0.15, 0.2) is 6.61 Å². The number of ether oxygens (including phenoxy) is 1. The second-order valence-electron chi connectivity index (χ2n) is 7.10. The minimum absolute atomic E-state index is 0.0531. The van der Waals surface area contributed by atoms with E-state index in [1.54, 1.807) is 0 Å². The molecular weight excluding hydrogens is 384 g/mol. The van der Waals surface area contributed by atoms with Crippen LogP contribution in [0, 0.1) is 0 Å². The van der Waals surface area contributed by atoms with Crippen LogP contribution in [0.3, 0.4) is 0 Å². The van der Waals surface area contributed by atoms with Crippen molar-refractivity contribution in [2.24, 2.45) is 0 Å². The first-order valence-electron chi connectivity index (χ1n) is 9.43. The van der Waals surface area contributed by atoms with Gasteiger partial charge in [0.25, 0.3) is 5.91 Å². The number of hydrogen-bond donors (Lipinski definition) is 0. The maximum Gasteiger partial charge on any atom is 0.338 e. The summed E-state index contributed by atoms with van der Waals surface area (Å²) in [6.45, 7) is 2.21. The molecule has 0 saturated carbocycles. The van der Waals surface area contributed by atoms with Crippen LogP contribution < -0.4 is 0 Å². The number of amides is 2. The molecule has 2 aliphatic heterocycles. The van der Waals surface area contributed by atoms with E-state index >= 15 is 0 Å². The molecule has 3 rings (SSSR count). The maximum absolute atomic E-state index is 12.8. The molecule has 0 bridgehead atoms. The first-order chi connectivity index (χ1) is 13.3. The number of carbonyl (C=O) groups excluding carboxylic acids is 3. The van der Waals surface area contributed by atoms with Crippen molar-refractivity contribution in [2.75, 3.05) is 19.7 Å². The average molecular weight is 408 g/mol. The maximum atomic E-state index is 12.8. The normalized spacial score (nSPS) is 21.0. The van der Waals surface area contributed by atoms with Crippen molar-refractivity contribution in [1.29, 1.82) is 0 Å². The van der Waals surface area contributed by atoms with E-state index in [1.165, 1.54) is 28.6 Å². The number of esters is 1. The minimum atomic E-state index is -3.61. The summed E-state index contributed by atoms with van der Waals surface area (Å²) in [6.07, 6.45) is 3.62. The van der Waals surface area contributed by atoms with Gasteiger partial charge in [-0.2, -0.15) is 4.31 Å². The third-order valence-electron chi connectivity index (χ3n) is 5.14. The van der Waals surface area contributed by atoms with Crippen molar-refractivity contribution in [3.05, 3.63) is 29.8 Å². The Bertz CT molecular complexity index is 865. The number of sulfonamides is 1. The van der Waals surface area contributed by atoms with E-state index in [-0.39, 0.29) is 22.4 Å². The number of likely N-dealkylation sites (tertiary alicyclic amines) is 1. The van der Waals surface area contributed by atoms with E-state index in [0.29, 0.717) is 25.9 Å². The molecule has 2 aliphatic rings. The summed E-state index contributed by atoms with van der Waals surface area (Å²) in [5, 5.41) is 0. The average Bonchev–Trinajstić information content (AvgIpc) is 3.12. The fourth-order valence-corrected chi connectivity index (χ4v) is 5.23. The molecule has 8 nitrogen and oxygen atoms in total. The molecule has 1 atom stereocenters. The molecular formula is C19H24N2O6S. The Morgan fingerprint density at radius 3 is 2.43 bits per heavy atom. The van der Waals surface area contributed by atoms with Crippen molar-refractivity contribution < 1.29 is 27.5 Å². The number of rotatable bonds is 5. The predicted octanol–water partition coefficient (Wildman–Crippen LogP) is 1.56. The lowest BCUT2D eigenvalue weighted by molar-refractivity contribution is -0.143. The van der Waals surface area contributed by atoms with Crippen molar-refractivity contribution in [3.8, 4) is 0 Å². The highest BCUT2D eigenvalue weighted by molar-refractivity contribution is 7.89. The third kappa shape index (κ3) is 4.25. The molecule has 0 N–H and O–H groups in total. The lowest BCUT2D eigenvalue weighted by atomic mass is 10.1. The van der Waals surface area contributed by atoms with Crippen LogP contribution >= 0.6 is 0 Å². The molecule has 1 aromatic rings. The largest absolute Gasteiger partial charge is 0.452 e. The highest BCUT2D eigenvalue weighted by Crippen LogP contribution is 2.25. The topological polar surface area (TPSA) is 101 Å². The van der Waals surface area contributed by atoms with Crippen LogP contribution in [-0.2, 0) is 24.3 Å². The molecule has 2 heterocycles. The van der Waals surface area contributed by atoms with E-state index in [2.05, 4.69) is 0 Å². The summed E-state index contributed by atoms with van der Waals surface area (Å²) >= 11 is 0. The minimum Gasteiger partial charge on any atom is -0.452 e. The molecule has 28 heavy (non-hydrogen) atoms. The predicted molar refractivity (Wildman–Crippen MR) is 99.9 cm³/mol. The molecule has 0 aromatic heterocycles.